The molecule has 7 nitrogen and oxygen atoms in total. The first-order valence-corrected chi connectivity index (χ1v) is 12.0. The number of aliphatic hydroxyl groups is 2. The van der Waals surface area contributed by atoms with Gasteiger partial charge < -0.3 is 29.7 Å². The molecule has 190 valence electrons. The van der Waals surface area contributed by atoms with E-state index >= 15 is 0 Å². The van der Waals surface area contributed by atoms with Gasteiger partial charge in [-0.1, -0.05) is 54.1 Å². The monoisotopic (exact) mass is 511 g/mol. The van der Waals surface area contributed by atoms with Crippen LogP contribution in [-0.4, -0.2) is 53.4 Å². The third kappa shape index (κ3) is 5.72. The van der Waals surface area contributed by atoms with E-state index in [0.717, 1.165) is 11.1 Å². The van der Waals surface area contributed by atoms with Crippen LogP contribution >= 0.6 is 11.6 Å². The smallest absolute Gasteiger partial charge is 0.252 e. The Bertz CT molecular complexity index is 1200. The average molecular weight is 512 g/mol. The third-order valence-corrected chi connectivity index (χ3v) is 6.45. The molecule has 3 N–H and O–H groups in total. The van der Waals surface area contributed by atoms with Crippen LogP contribution in [0, 0.1) is 0 Å². The van der Waals surface area contributed by atoms with E-state index in [1.165, 1.54) is 7.11 Å². The molecular formula is C28H30ClNO6. The third-order valence-electron chi connectivity index (χ3n) is 6.22. The van der Waals surface area contributed by atoms with Crippen LogP contribution in [0.15, 0.2) is 72.8 Å². The molecule has 0 bridgehead atoms. The zero-order valence-corrected chi connectivity index (χ0v) is 21.1. The summed E-state index contributed by atoms with van der Waals surface area (Å²) in [6.45, 7) is 3.84. The first-order valence-electron chi connectivity index (χ1n) is 11.6. The summed E-state index contributed by atoms with van der Waals surface area (Å²) < 4.78 is 17.2. The van der Waals surface area contributed by atoms with E-state index in [1.807, 2.05) is 42.5 Å². The largest absolute Gasteiger partial charge is 0.462 e. The Morgan fingerprint density at radius 1 is 1.03 bits per heavy atom. The lowest BCUT2D eigenvalue weighted by molar-refractivity contribution is -0.305. The maximum Gasteiger partial charge on any atom is 0.252 e. The van der Waals surface area contributed by atoms with Crippen molar-refractivity contribution in [3.8, 4) is 16.9 Å². The number of benzene rings is 3. The quantitative estimate of drug-likeness (QED) is 0.440. The summed E-state index contributed by atoms with van der Waals surface area (Å²) in [4.78, 5) is 13.3. The maximum absolute atomic E-state index is 13.3. The zero-order valence-electron chi connectivity index (χ0n) is 20.4. The minimum atomic E-state index is -1.36. The molecular weight excluding hydrogens is 482 g/mol. The number of ether oxygens (including phenoxy) is 3. The molecule has 4 atom stereocenters. The Balaban J connectivity index is 1.63. The number of hydrogen-bond acceptors (Lipinski definition) is 6. The molecule has 1 aliphatic rings. The summed E-state index contributed by atoms with van der Waals surface area (Å²) in [5.74, 6) is -0.00208. The van der Waals surface area contributed by atoms with Crippen molar-refractivity contribution in [2.24, 2.45) is 0 Å². The van der Waals surface area contributed by atoms with Gasteiger partial charge in [-0.15, -0.1) is 0 Å². The van der Waals surface area contributed by atoms with Crippen LogP contribution in [0.2, 0.25) is 5.02 Å². The number of nitrogens with one attached hydrogen (secondary N) is 1. The van der Waals surface area contributed by atoms with Crippen LogP contribution < -0.4 is 10.1 Å². The van der Waals surface area contributed by atoms with Gasteiger partial charge >= 0.3 is 0 Å². The Kier molecular flexibility index (Phi) is 7.97. The standard InChI is InChI=1S/C28H30ClNO6/c1-28(2)25(34-3)23(31)24(32)27(36-28)35-20-12-13-21(18-10-7-11-19(29)14-18)22(15-20)26(33)30-16-17-8-5-4-6-9-17/h4-15,23-25,27,31-32H,16H2,1-3H3,(H,30,33)/t23-,24+,25+,27-/m0/s1. The normalized spacial score (nSPS) is 23.2. The van der Waals surface area contributed by atoms with Crippen LogP contribution in [0.25, 0.3) is 11.1 Å². The molecule has 4 rings (SSSR count). The molecule has 3 aromatic carbocycles. The van der Waals surface area contributed by atoms with Gasteiger partial charge in [-0.05, 0) is 60.9 Å². The van der Waals surface area contributed by atoms with Crippen molar-refractivity contribution >= 4 is 17.5 Å². The van der Waals surface area contributed by atoms with E-state index in [9.17, 15) is 15.0 Å². The number of amides is 1. The molecule has 1 aliphatic heterocycles. The molecule has 1 amide bonds. The van der Waals surface area contributed by atoms with E-state index in [2.05, 4.69) is 5.32 Å². The van der Waals surface area contributed by atoms with Crippen LogP contribution in [0.3, 0.4) is 0 Å². The lowest BCUT2D eigenvalue weighted by Gasteiger charge is -2.46. The molecule has 1 saturated heterocycles. The van der Waals surface area contributed by atoms with E-state index in [1.54, 1.807) is 44.2 Å². The topological polar surface area (TPSA) is 97.3 Å². The molecule has 0 aliphatic carbocycles. The highest BCUT2D eigenvalue weighted by molar-refractivity contribution is 6.30. The molecule has 8 heteroatoms. The van der Waals surface area contributed by atoms with E-state index in [0.29, 0.717) is 28.4 Å². The molecule has 0 unspecified atom stereocenters. The minimum Gasteiger partial charge on any atom is -0.462 e. The maximum atomic E-state index is 13.3. The van der Waals surface area contributed by atoms with Gasteiger partial charge in [-0.3, -0.25) is 4.79 Å². The van der Waals surface area contributed by atoms with Crippen LogP contribution in [0.1, 0.15) is 29.8 Å². The van der Waals surface area contributed by atoms with Crippen molar-refractivity contribution in [2.75, 3.05) is 7.11 Å². The number of halogens is 1. The van der Waals surface area contributed by atoms with Gasteiger partial charge in [0.2, 0.25) is 6.29 Å². The molecule has 36 heavy (non-hydrogen) atoms. The lowest BCUT2D eigenvalue weighted by Crippen LogP contribution is -2.63. The van der Waals surface area contributed by atoms with Crippen LogP contribution in [0.5, 0.6) is 5.75 Å². The predicted molar refractivity (Wildman–Crippen MR) is 137 cm³/mol. The number of rotatable bonds is 7. The van der Waals surface area contributed by atoms with Crippen molar-refractivity contribution in [2.45, 2.75) is 50.6 Å². The van der Waals surface area contributed by atoms with Gasteiger partial charge in [0.25, 0.3) is 5.91 Å². The molecule has 0 aromatic heterocycles. The van der Waals surface area contributed by atoms with Gasteiger partial charge in [-0.2, -0.15) is 0 Å². The zero-order chi connectivity index (χ0) is 25.9. The Labute approximate surface area is 215 Å². The van der Waals surface area contributed by atoms with Gasteiger partial charge in [0.1, 0.15) is 24.1 Å². The highest BCUT2D eigenvalue weighted by Crippen LogP contribution is 2.34. The van der Waals surface area contributed by atoms with Gasteiger partial charge in [-0.25, -0.2) is 0 Å². The van der Waals surface area contributed by atoms with Crippen molar-refractivity contribution in [1.82, 2.24) is 5.32 Å². The lowest BCUT2D eigenvalue weighted by atomic mass is 9.89. The summed E-state index contributed by atoms with van der Waals surface area (Å²) in [6.07, 6.45) is -4.48. The van der Waals surface area contributed by atoms with Gasteiger partial charge in [0.15, 0.2) is 0 Å². The highest BCUT2D eigenvalue weighted by Gasteiger charge is 2.50. The van der Waals surface area contributed by atoms with Crippen molar-refractivity contribution < 1.29 is 29.2 Å². The Morgan fingerprint density at radius 3 is 2.47 bits per heavy atom. The predicted octanol–water partition coefficient (Wildman–Crippen LogP) is 4.19. The second-order valence-corrected chi connectivity index (χ2v) is 9.67. The molecule has 1 heterocycles. The summed E-state index contributed by atoms with van der Waals surface area (Å²) in [5, 5.41) is 24.7. The summed E-state index contributed by atoms with van der Waals surface area (Å²) >= 11 is 6.20. The van der Waals surface area contributed by atoms with E-state index < -0.39 is 30.2 Å². The average Bonchev–Trinajstić information content (AvgIpc) is 2.86. The fourth-order valence-corrected chi connectivity index (χ4v) is 4.59. The Hall–Kier alpha value is -2.94. The second kappa shape index (κ2) is 11.0. The molecule has 1 fully saturated rings. The van der Waals surface area contributed by atoms with Crippen molar-refractivity contribution in [1.29, 1.82) is 0 Å². The highest BCUT2D eigenvalue weighted by atomic mass is 35.5. The van der Waals surface area contributed by atoms with E-state index in [-0.39, 0.29) is 5.91 Å². The molecule has 0 spiro atoms. The molecule has 0 radical (unpaired) electrons. The first kappa shape index (κ1) is 26.1. The second-order valence-electron chi connectivity index (χ2n) is 9.23. The first-order chi connectivity index (χ1) is 17.2. The summed E-state index contributed by atoms with van der Waals surface area (Å²) in [7, 11) is 1.45. The number of aliphatic hydroxyl groups excluding tert-OH is 2. The molecule has 3 aromatic rings. The van der Waals surface area contributed by atoms with E-state index in [4.69, 9.17) is 25.8 Å². The van der Waals surface area contributed by atoms with Gasteiger partial charge in [0, 0.05) is 18.7 Å². The molecule has 0 saturated carbocycles. The Morgan fingerprint density at radius 2 is 1.78 bits per heavy atom. The number of hydrogen-bond donors (Lipinski definition) is 3. The van der Waals surface area contributed by atoms with Crippen LogP contribution in [0.4, 0.5) is 0 Å². The minimum absolute atomic E-state index is 0.300. The van der Waals surface area contributed by atoms with Gasteiger partial charge in [0.05, 0.1) is 11.2 Å². The number of methoxy groups -OCH3 is 1. The SMILES string of the molecule is CO[C@@H]1[C@@H](O)[C@@H](O)[C@@H](Oc2ccc(-c3cccc(Cl)c3)c(C(=O)NCc3ccccc3)c2)OC1(C)C. The number of carbonyl (C=O) groups is 1. The fourth-order valence-electron chi connectivity index (χ4n) is 4.40. The van der Waals surface area contributed by atoms with Crippen LogP contribution in [-0.2, 0) is 16.0 Å². The number of carbonyl (C=O) groups excluding carboxylic acids is 1. The van der Waals surface area contributed by atoms with Crippen molar-refractivity contribution in [3.05, 3.63) is 88.9 Å². The summed E-state index contributed by atoms with van der Waals surface area (Å²) in [6, 6.07) is 21.9. The summed E-state index contributed by atoms with van der Waals surface area (Å²) in [5.41, 5.74) is 1.85. The van der Waals surface area contributed by atoms with Crippen molar-refractivity contribution in [3.63, 3.8) is 0 Å². The fraction of sp³-hybridized carbons (Fsp3) is 0.321.